The van der Waals surface area contributed by atoms with Crippen molar-refractivity contribution >= 4 is 7.82 Å². The van der Waals surface area contributed by atoms with Gasteiger partial charge < -0.3 is 9.79 Å². The number of hydrogen-bond donors (Lipinski definition) is 2. The molecule has 1 aliphatic carbocycles. The van der Waals surface area contributed by atoms with Gasteiger partial charge in [-0.15, -0.1) is 0 Å². The van der Waals surface area contributed by atoms with E-state index in [1.165, 1.54) is 0 Å². The van der Waals surface area contributed by atoms with Gasteiger partial charge in [0.05, 0.1) is 6.10 Å². The lowest BCUT2D eigenvalue weighted by molar-refractivity contribution is 0.183. The second-order valence-corrected chi connectivity index (χ2v) is 3.32. The van der Waals surface area contributed by atoms with E-state index in [-0.39, 0.29) is 12.0 Å². The third-order valence-electron chi connectivity index (χ3n) is 1.13. The Hall–Kier alpha value is 0.110. The summed E-state index contributed by atoms with van der Waals surface area (Å²) >= 11 is 0. The van der Waals surface area contributed by atoms with Crippen molar-refractivity contribution in [2.75, 3.05) is 0 Å². The largest absolute Gasteiger partial charge is 0.469 e. The first kappa shape index (κ1) is 7.22. The molecule has 0 heterocycles. The Balaban J connectivity index is 2.28. The minimum atomic E-state index is -4.24. The van der Waals surface area contributed by atoms with Crippen molar-refractivity contribution in [2.24, 2.45) is 5.92 Å². The molecule has 0 saturated heterocycles. The van der Waals surface area contributed by atoms with Crippen LogP contribution >= 0.6 is 7.82 Å². The van der Waals surface area contributed by atoms with Crippen LogP contribution < -0.4 is 0 Å². The average molecular weight is 151 g/mol. The molecule has 9 heavy (non-hydrogen) atoms. The van der Waals surface area contributed by atoms with E-state index >= 15 is 0 Å². The molecule has 0 aromatic carbocycles. The summed E-state index contributed by atoms with van der Waals surface area (Å²) in [6, 6.07) is 0. The van der Waals surface area contributed by atoms with Crippen LogP contribution in [0, 0.1) is 12.8 Å². The van der Waals surface area contributed by atoms with Gasteiger partial charge in [0.1, 0.15) is 0 Å². The van der Waals surface area contributed by atoms with Gasteiger partial charge in [-0.25, -0.2) is 4.57 Å². The van der Waals surface area contributed by atoms with E-state index in [0.717, 1.165) is 0 Å². The molecule has 0 bridgehead atoms. The van der Waals surface area contributed by atoms with Gasteiger partial charge in [0.15, 0.2) is 0 Å². The first-order chi connectivity index (χ1) is 3.99. The van der Waals surface area contributed by atoms with Gasteiger partial charge >= 0.3 is 7.82 Å². The van der Waals surface area contributed by atoms with Gasteiger partial charge in [0.25, 0.3) is 0 Å². The maximum Gasteiger partial charge on any atom is 0.469 e. The third kappa shape index (κ3) is 2.45. The molecule has 1 radical (unpaired) electrons. The first-order valence-corrected chi connectivity index (χ1v) is 4.09. The number of rotatable bonds is 2. The van der Waals surface area contributed by atoms with Crippen molar-refractivity contribution in [3.63, 3.8) is 0 Å². The molecule has 0 amide bonds. The van der Waals surface area contributed by atoms with Crippen molar-refractivity contribution < 1.29 is 18.9 Å². The van der Waals surface area contributed by atoms with Crippen molar-refractivity contribution in [1.29, 1.82) is 0 Å². The van der Waals surface area contributed by atoms with E-state index in [0.29, 0.717) is 6.42 Å². The van der Waals surface area contributed by atoms with E-state index in [2.05, 4.69) is 11.4 Å². The zero-order chi connectivity index (χ0) is 7.07. The summed E-state index contributed by atoms with van der Waals surface area (Å²) in [4.78, 5) is 16.4. The van der Waals surface area contributed by atoms with Crippen molar-refractivity contribution in [3.05, 3.63) is 6.92 Å². The first-order valence-electron chi connectivity index (χ1n) is 2.56. The molecule has 2 atom stereocenters. The predicted octanol–water partition coefficient (Wildman–Crippen LogP) is 0.318. The lowest BCUT2D eigenvalue weighted by atomic mass is 10.5. The molecule has 1 fully saturated rings. The highest BCUT2D eigenvalue weighted by Gasteiger charge is 2.38. The van der Waals surface area contributed by atoms with Crippen LogP contribution in [0.4, 0.5) is 0 Å². The van der Waals surface area contributed by atoms with Gasteiger partial charge in [-0.3, -0.25) is 4.52 Å². The van der Waals surface area contributed by atoms with Crippen LogP contribution in [0.1, 0.15) is 6.42 Å². The molecule has 2 N–H and O–H groups in total. The second-order valence-electron chi connectivity index (χ2n) is 2.13. The van der Waals surface area contributed by atoms with E-state index in [9.17, 15) is 4.57 Å². The third-order valence-corrected chi connectivity index (χ3v) is 1.68. The maximum atomic E-state index is 10.1. The van der Waals surface area contributed by atoms with Crippen LogP contribution in [0.15, 0.2) is 0 Å². The summed E-state index contributed by atoms with van der Waals surface area (Å²) in [6.45, 7) is 3.55. The molecule has 4 nitrogen and oxygen atoms in total. The summed E-state index contributed by atoms with van der Waals surface area (Å²) in [6.07, 6.45) is 0.344. The molecule has 0 aromatic rings. The molecule has 0 spiro atoms. The number of hydrogen-bond acceptors (Lipinski definition) is 2. The molecule has 0 aliphatic heterocycles. The van der Waals surface area contributed by atoms with Gasteiger partial charge in [-0.05, 0) is 19.3 Å². The van der Waals surface area contributed by atoms with Crippen LogP contribution in [0.2, 0.25) is 0 Å². The molecule has 5 heteroatoms. The zero-order valence-corrected chi connectivity index (χ0v) is 5.62. The Kier molecular flexibility index (Phi) is 1.65. The fourth-order valence-corrected chi connectivity index (χ4v) is 1.14. The quantitative estimate of drug-likeness (QED) is 0.557. The van der Waals surface area contributed by atoms with Crippen LogP contribution in [-0.2, 0) is 9.09 Å². The minimum Gasteiger partial charge on any atom is -0.303 e. The summed E-state index contributed by atoms with van der Waals surface area (Å²) in [7, 11) is -4.24. The van der Waals surface area contributed by atoms with Crippen LogP contribution in [-0.4, -0.2) is 15.9 Å². The Labute approximate surface area is 53.1 Å². The number of phosphoric ester groups is 1. The fraction of sp³-hybridized carbons (Fsp3) is 0.750. The molecular formula is C4H8O4P. The zero-order valence-electron chi connectivity index (χ0n) is 4.73. The highest BCUT2D eigenvalue weighted by atomic mass is 31.2. The Morgan fingerprint density at radius 3 is 2.22 bits per heavy atom. The molecular weight excluding hydrogens is 143 g/mol. The number of phosphoric acid groups is 1. The second kappa shape index (κ2) is 2.06. The summed E-state index contributed by atoms with van der Waals surface area (Å²) in [5.41, 5.74) is 0. The predicted molar refractivity (Wildman–Crippen MR) is 30.4 cm³/mol. The van der Waals surface area contributed by atoms with Crippen molar-refractivity contribution in [2.45, 2.75) is 12.5 Å². The SMILES string of the molecule is [CH2]C1CC1OP(=O)(O)O. The Bertz CT molecular complexity index is 151. The van der Waals surface area contributed by atoms with Gasteiger partial charge in [0, 0.05) is 0 Å². The van der Waals surface area contributed by atoms with Gasteiger partial charge in [-0.2, -0.15) is 0 Å². The lowest BCUT2D eigenvalue weighted by Gasteiger charge is -2.01. The highest BCUT2D eigenvalue weighted by molar-refractivity contribution is 7.46. The van der Waals surface area contributed by atoms with E-state index in [4.69, 9.17) is 9.79 Å². The topological polar surface area (TPSA) is 66.8 Å². The van der Waals surface area contributed by atoms with Crippen LogP contribution in [0.5, 0.6) is 0 Å². The highest BCUT2D eigenvalue weighted by Crippen LogP contribution is 2.46. The monoisotopic (exact) mass is 151 g/mol. The Morgan fingerprint density at radius 2 is 2.11 bits per heavy atom. The van der Waals surface area contributed by atoms with Crippen molar-refractivity contribution in [1.82, 2.24) is 0 Å². The standard InChI is InChI=1S/C4H8O4P/c1-3-2-4(3)8-9(5,6)7/h3-4H,1-2H2,(H2,5,6,7). The summed E-state index contributed by atoms with van der Waals surface area (Å²) in [5.74, 6) is 0.0672. The molecule has 53 valence electrons. The van der Waals surface area contributed by atoms with E-state index < -0.39 is 7.82 Å². The van der Waals surface area contributed by atoms with Crippen LogP contribution in [0.25, 0.3) is 0 Å². The summed E-state index contributed by atoms with van der Waals surface area (Å²) in [5, 5.41) is 0. The smallest absolute Gasteiger partial charge is 0.303 e. The van der Waals surface area contributed by atoms with Crippen LogP contribution in [0.3, 0.4) is 0 Å². The molecule has 1 saturated carbocycles. The van der Waals surface area contributed by atoms with Crippen molar-refractivity contribution in [3.8, 4) is 0 Å². The Morgan fingerprint density at radius 1 is 1.67 bits per heavy atom. The summed E-state index contributed by atoms with van der Waals surface area (Å²) < 4.78 is 14.3. The molecule has 1 rings (SSSR count). The average Bonchev–Trinajstić information content (AvgIpc) is 2.13. The maximum absolute atomic E-state index is 10.1. The normalized spacial score (nSPS) is 34.6. The minimum absolute atomic E-state index is 0.0672. The lowest BCUT2D eigenvalue weighted by Crippen LogP contribution is -1.92. The van der Waals surface area contributed by atoms with Gasteiger partial charge in [-0.1, -0.05) is 0 Å². The molecule has 0 aromatic heterocycles. The fourth-order valence-electron chi connectivity index (χ4n) is 0.525. The van der Waals surface area contributed by atoms with E-state index in [1.807, 2.05) is 0 Å². The van der Waals surface area contributed by atoms with Gasteiger partial charge in [0.2, 0.25) is 0 Å². The molecule has 2 unspecified atom stereocenters. The molecule has 1 aliphatic rings. The van der Waals surface area contributed by atoms with E-state index in [1.54, 1.807) is 0 Å².